The zero-order valence-electron chi connectivity index (χ0n) is 18.2. The van der Waals surface area contributed by atoms with Crippen LogP contribution in [0.25, 0.3) is 5.69 Å². The Morgan fingerprint density at radius 2 is 1.85 bits per heavy atom. The number of anilines is 1. The number of fused-ring (bicyclic) bond motifs is 3. The average molecular weight is 458 g/mol. The zero-order valence-corrected chi connectivity index (χ0v) is 19.0. The minimum Gasteiger partial charge on any atom is -0.494 e. The summed E-state index contributed by atoms with van der Waals surface area (Å²) in [5.74, 6) is 0.772. The van der Waals surface area contributed by atoms with E-state index in [0.29, 0.717) is 23.9 Å². The van der Waals surface area contributed by atoms with E-state index in [9.17, 15) is 4.79 Å². The fraction of sp³-hybridized carbons (Fsp3) is 0.148. The van der Waals surface area contributed by atoms with Crippen LogP contribution < -0.4 is 10.1 Å². The Morgan fingerprint density at radius 1 is 1.03 bits per heavy atom. The van der Waals surface area contributed by atoms with E-state index < -0.39 is 0 Å². The van der Waals surface area contributed by atoms with Crippen LogP contribution in [0.4, 0.5) is 10.5 Å². The summed E-state index contributed by atoms with van der Waals surface area (Å²) in [6, 6.07) is 26.9. The van der Waals surface area contributed by atoms with Gasteiger partial charge in [0.1, 0.15) is 5.75 Å². The van der Waals surface area contributed by atoms with Crippen LogP contribution in [0.15, 0.2) is 91.1 Å². The number of ether oxygens (including phenoxy) is 1. The van der Waals surface area contributed by atoms with E-state index in [1.54, 1.807) is 0 Å². The number of hydrogen-bond donors (Lipinski definition) is 1. The van der Waals surface area contributed by atoms with Crippen LogP contribution in [0.1, 0.15) is 29.8 Å². The van der Waals surface area contributed by atoms with Crippen molar-refractivity contribution in [1.29, 1.82) is 0 Å². The topological polar surface area (TPSA) is 46.5 Å². The number of amides is 2. The lowest BCUT2D eigenvalue weighted by atomic mass is 10.0. The number of benzene rings is 3. The highest BCUT2D eigenvalue weighted by molar-refractivity contribution is 6.30. The lowest BCUT2D eigenvalue weighted by Gasteiger charge is -2.31. The first-order chi connectivity index (χ1) is 16.1. The van der Waals surface area contributed by atoms with Crippen molar-refractivity contribution in [2.75, 3.05) is 11.9 Å². The summed E-state index contributed by atoms with van der Waals surface area (Å²) in [7, 11) is 0. The number of urea groups is 1. The molecule has 6 heteroatoms. The predicted octanol–water partition coefficient (Wildman–Crippen LogP) is 6.67. The number of hydrogen-bond acceptors (Lipinski definition) is 2. The molecule has 33 heavy (non-hydrogen) atoms. The molecule has 1 atom stereocenters. The van der Waals surface area contributed by atoms with Crippen LogP contribution >= 0.6 is 11.6 Å². The number of carbonyl (C=O) groups excluding carboxylic acids is 1. The van der Waals surface area contributed by atoms with Gasteiger partial charge < -0.3 is 19.5 Å². The van der Waals surface area contributed by atoms with Gasteiger partial charge in [-0.05, 0) is 72.6 Å². The zero-order chi connectivity index (χ0) is 22.8. The first-order valence-corrected chi connectivity index (χ1v) is 11.3. The SMILES string of the molecule is CCOc1ccc(NC(=O)N2Cc3ccccc3-n3cccc3C2c2cccc(Cl)c2)cc1. The molecular weight excluding hydrogens is 434 g/mol. The van der Waals surface area contributed by atoms with Gasteiger partial charge in [-0.3, -0.25) is 0 Å². The van der Waals surface area contributed by atoms with Crippen molar-refractivity contribution in [3.05, 3.63) is 113 Å². The van der Waals surface area contributed by atoms with Crippen LogP contribution in [0.3, 0.4) is 0 Å². The summed E-state index contributed by atoms with van der Waals surface area (Å²) >= 11 is 6.35. The van der Waals surface area contributed by atoms with Crippen LogP contribution in [-0.2, 0) is 6.54 Å². The fourth-order valence-electron chi connectivity index (χ4n) is 4.36. The number of nitrogens with one attached hydrogen (secondary N) is 1. The summed E-state index contributed by atoms with van der Waals surface area (Å²) in [5, 5.41) is 3.70. The van der Waals surface area contributed by atoms with Gasteiger partial charge in [-0.25, -0.2) is 4.79 Å². The summed E-state index contributed by atoms with van der Waals surface area (Å²) in [6.45, 7) is 3.00. The highest BCUT2D eigenvalue weighted by Gasteiger charge is 2.33. The van der Waals surface area contributed by atoms with Crippen LogP contribution in [-0.4, -0.2) is 22.1 Å². The largest absolute Gasteiger partial charge is 0.494 e. The Labute approximate surface area is 198 Å². The van der Waals surface area contributed by atoms with Crippen molar-refractivity contribution in [2.24, 2.45) is 0 Å². The molecule has 1 aliphatic rings. The van der Waals surface area contributed by atoms with Gasteiger partial charge in [-0.15, -0.1) is 0 Å². The first-order valence-electron chi connectivity index (χ1n) is 11.0. The second-order valence-electron chi connectivity index (χ2n) is 7.90. The van der Waals surface area contributed by atoms with Crippen molar-refractivity contribution in [2.45, 2.75) is 19.5 Å². The first kappa shape index (κ1) is 21.2. The number of halogens is 1. The molecule has 4 aromatic rings. The Hall–Kier alpha value is -3.70. The van der Waals surface area contributed by atoms with Crippen molar-refractivity contribution >= 4 is 23.3 Å². The standard InChI is InChI=1S/C27H24ClN3O2/c1-2-33-23-14-12-22(13-15-23)29-27(32)31-18-20-7-3-4-10-24(20)30-16-6-11-25(30)26(31)19-8-5-9-21(28)17-19/h3-17,26H,2,18H2,1H3,(H,29,32). The average Bonchev–Trinajstić information content (AvgIpc) is 3.24. The molecule has 0 radical (unpaired) electrons. The van der Waals surface area contributed by atoms with Crippen molar-refractivity contribution in [3.63, 3.8) is 0 Å². The fourth-order valence-corrected chi connectivity index (χ4v) is 4.56. The monoisotopic (exact) mass is 457 g/mol. The second-order valence-corrected chi connectivity index (χ2v) is 8.34. The molecule has 2 heterocycles. The van der Waals surface area contributed by atoms with Crippen molar-refractivity contribution in [1.82, 2.24) is 9.47 Å². The Bertz CT molecular complexity index is 1280. The minimum absolute atomic E-state index is 0.186. The third-order valence-corrected chi connectivity index (χ3v) is 6.04. The van der Waals surface area contributed by atoms with E-state index in [0.717, 1.165) is 28.3 Å². The quantitative estimate of drug-likeness (QED) is 0.372. The molecule has 0 fully saturated rings. The molecule has 2 amide bonds. The van der Waals surface area contributed by atoms with Gasteiger partial charge in [0, 0.05) is 22.6 Å². The molecular formula is C27H24ClN3O2. The molecule has 1 unspecified atom stereocenters. The van der Waals surface area contributed by atoms with Gasteiger partial charge in [0.25, 0.3) is 0 Å². The van der Waals surface area contributed by atoms with Gasteiger partial charge in [-0.2, -0.15) is 0 Å². The maximum absolute atomic E-state index is 13.7. The third kappa shape index (κ3) is 4.20. The van der Waals surface area contributed by atoms with Gasteiger partial charge in [0.15, 0.2) is 0 Å². The maximum Gasteiger partial charge on any atom is 0.322 e. The van der Waals surface area contributed by atoms with Crippen LogP contribution in [0.5, 0.6) is 5.75 Å². The molecule has 1 N–H and O–H groups in total. The molecule has 5 nitrogen and oxygen atoms in total. The van der Waals surface area contributed by atoms with E-state index in [1.807, 2.05) is 84.8 Å². The van der Waals surface area contributed by atoms with Crippen molar-refractivity contribution < 1.29 is 9.53 Å². The normalized spacial score (nSPS) is 14.7. The molecule has 3 aromatic carbocycles. The highest BCUT2D eigenvalue weighted by atomic mass is 35.5. The molecule has 166 valence electrons. The molecule has 1 aromatic heterocycles. The Morgan fingerprint density at radius 3 is 2.64 bits per heavy atom. The lowest BCUT2D eigenvalue weighted by Crippen LogP contribution is -2.37. The molecule has 0 saturated carbocycles. The number of carbonyl (C=O) groups is 1. The molecule has 0 aliphatic carbocycles. The summed E-state index contributed by atoms with van der Waals surface area (Å²) in [5.41, 5.74) is 4.81. The minimum atomic E-state index is -0.311. The summed E-state index contributed by atoms with van der Waals surface area (Å²) in [6.07, 6.45) is 2.04. The number of rotatable bonds is 4. The molecule has 0 bridgehead atoms. The van der Waals surface area contributed by atoms with Gasteiger partial charge in [0.05, 0.1) is 24.9 Å². The molecule has 1 aliphatic heterocycles. The van der Waals surface area contributed by atoms with E-state index in [1.165, 1.54) is 0 Å². The van der Waals surface area contributed by atoms with E-state index >= 15 is 0 Å². The van der Waals surface area contributed by atoms with E-state index in [-0.39, 0.29) is 12.1 Å². The Balaban J connectivity index is 1.56. The number of nitrogens with zero attached hydrogens (tertiary/aromatic N) is 2. The van der Waals surface area contributed by atoms with E-state index in [2.05, 4.69) is 28.1 Å². The lowest BCUT2D eigenvalue weighted by molar-refractivity contribution is 0.194. The molecule has 0 saturated heterocycles. The summed E-state index contributed by atoms with van der Waals surface area (Å²) < 4.78 is 7.67. The molecule has 5 rings (SSSR count). The van der Waals surface area contributed by atoms with Gasteiger partial charge >= 0.3 is 6.03 Å². The highest BCUT2D eigenvalue weighted by Crippen LogP contribution is 2.37. The van der Waals surface area contributed by atoms with Crippen LogP contribution in [0, 0.1) is 0 Å². The van der Waals surface area contributed by atoms with Crippen LogP contribution in [0.2, 0.25) is 5.02 Å². The Kier molecular flexibility index (Phi) is 5.80. The van der Waals surface area contributed by atoms with E-state index in [4.69, 9.17) is 16.3 Å². The van der Waals surface area contributed by atoms with Gasteiger partial charge in [-0.1, -0.05) is 41.9 Å². The number of aromatic nitrogens is 1. The van der Waals surface area contributed by atoms with Gasteiger partial charge in [0.2, 0.25) is 0 Å². The smallest absolute Gasteiger partial charge is 0.322 e. The van der Waals surface area contributed by atoms with Crippen molar-refractivity contribution in [3.8, 4) is 11.4 Å². The third-order valence-electron chi connectivity index (χ3n) is 5.81. The predicted molar refractivity (Wildman–Crippen MR) is 131 cm³/mol. The second kappa shape index (κ2) is 9.04. The number of para-hydroxylation sites is 1. The maximum atomic E-state index is 13.7. The molecule has 0 spiro atoms. The summed E-state index contributed by atoms with van der Waals surface area (Å²) in [4.78, 5) is 15.5.